The predicted molar refractivity (Wildman–Crippen MR) is 112 cm³/mol. The van der Waals surface area contributed by atoms with Gasteiger partial charge in [0.1, 0.15) is 6.20 Å². The number of unbranched alkanes of at least 4 members (excludes halogenated alkanes) is 3. The van der Waals surface area contributed by atoms with E-state index in [0.29, 0.717) is 12.3 Å². The van der Waals surface area contributed by atoms with Gasteiger partial charge in [0, 0.05) is 25.4 Å². The van der Waals surface area contributed by atoms with Crippen LogP contribution in [0.5, 0.6) is 0 Å². The molecule has 0 saturated heterocycles. The van der Waals surface area contributed by atoms with Gasteiger partial charge in [-0.05, 0) is 48.9 Å². The van der Waals surface area contributed by atoms with E-state index in [0.717, 1.165) is 43.1 Å². The quantitative estimate of drug-likeness (QED) is 0.179. The number of azo groups is 1. The van der Waals surface area contributed by atoms with Crippen molar-refractivity contribution in [1.29, 1.82) is 0 Å². The second-order valence-electron chi connectivity index (χ2n) is 6.21. The zero-order valence-corrected chi connectivity index (χ0v) is 17.2. The lowest BCUT2D eigenvalue weighted by Gasteiger charge is -2.23. The number of nitrogens with zero attached hydrogens (tertiary/aromatic N) is 5. The molecule has 8 nitrogen and oxygen atoms in total. The van der Waals surface area contributed by atoms with Gasteiger partial charge in [-0.15, -0.1) is 10.2 Å². The summed E-state index contributed by atoms with van der Waals surface area (Å²) in [7, 11) is 0. The molecule has 0 amide bonds. The lowest BCUT2D eigenvalue weighted by atomic mass is 10.2. The highest BCUT2D eigenvalue weighted by Crippen LogP contribution is 2.29. The Hall–Kier alpha value is -2.39. The molecule has 1 heterocycles. The first-order valence-electron chi connectivity index (χ1n) is 9.58. The molecule has 0 fully saturated rings. The number of hydrogen-bond donors (Lipinski definition) is 0. The summed E-state index contributed by atoms with van der Waals surface area (Å²) in [5.41, 5.74) is 1.77. The fourth-order valence-corrected chi connectivity index (χ4v) is 3.15. The minimum Gasteiger partial charge on any atom is -0.380 e. The smallest absolute Gasteiger partial charge is 0.345 e. The maximum Gasteiger partial charge on any atom is 0.345 e. The maximum atomic E-state index is 10.7. The summed E-state index contributed by atoms with van der Waals surface area (Å²) in [5, 5.41) is 18.9. The van der Waals surface area contributed by atoms with Crippen molar-refractivity contribution in [2.75, 3.05) is 31.2 Å². The van der Waals surface area contributed by atoms with E-state index in [1.807, 2.05) is 24.3 Å². The minimum absolute atomic E-state index is 0.0459. The predicted octanol–water partition coefficient (Wildman–Crippen LogP) is 5.89. The van der Waals surface area contributed by atoms with Crippen LogP contribution in [0.25, 0.3) is 0 Å². The highest BCUT2D eigenvalue weighted by Gasteiger charge is 2.10. The monoisotopic (exact) mass is 405 g/mol. The van der Waals surface area contributed by atoms with E-state index >= 15 is 0 Å². The lowest BCUT2D eigenvalue weighted by molar-refractivity contribution is -0.380. The van der Waals surface area contributed by atoms with Crippen molar-refractivity contribution in [3.05, 3.63) is 40.6 Å². The summed E-state index contributed by atoms with van der Waals surface area (Å²) in [6.45, 7) is 7.59. The standard InChI is InChI=1S/C19H27N5O3S/c1-3-5-6-7-13-27-14-12-23(4-2)17-10-8-16(9-11-17)21-22-19-20-15-18(28-19)24(25)26/h8-11,15H,3-7,12-14H2,1-2H3. The van der Waals surface area contributed by atoms with Gasteiger partial charge < -0.3 is 9.64 Å². The Kier molecular flexibility index (Phi) is 9.50. The van der Waals surface area contributed by atoms with E-state index in [2.05, 4.69) is 34.0 Å². The third-order valence-electron chi connectivity index (χ3n) is 4.16. The first-order chi connectivity index (χ1) is 13.6. The molecule has 0 bridgehead atoms. The molecule has 152 valence electrons. The molecule has 2 aromatic rings. The van der Waals surface area contributed by atoms with Crippen LogP contribution in [0.1, 0.15) is 39.5 Å². The Labute approximate surface area is 169 Å². The average molecular weight is 406 g/mol. The first-order valence-corrected chi connectivity index (χ1v) is 10.4. The number of ether oxygens (including phenoxy) is 1. The van der Waals surface area contributed by atoms with Crippen LogP contribution in [0.4, 0.5) is 21.5 Å². The fourth-order valence-electron chi connectivity index (χ4n) is 2.60. The van der Waals surface area contributed by atoms with Crippen molar-refractivity contribution in [3.8, 4) is 0 Å². The topological polar surface area (TPSA) is 93.2 Å². The molecule has 1 aromatic heterocycles. The maximum absolute atomic E-state index is 10.7. The van der Waals surface area contributed by atoms with E-state index < -0.39 is 4.92 Å². The van der Waals surface area contributed by atoms with Crippen molar-refractivity contribution in [3.63, 3.8) is 0 Å². The Morgan fingerprint density at radius 3 is 2.57 bits per heavy atom. The van der Waals surface area contributed by atoms with Crippen LogP contribution in [-0.4, -0.2) is 36.2 Å². The van der Waals surface area contributed by atoms with Crippen LogP contribution in [0.2, 0.25) is 0 Å². The summed E-state index contributed by atoms with van der Waals surface area (Å²) >= 11 is 0.896. The third kappa shape index (κ3) is 7.32. The van der Waals surface area contributed by atoms with Crippen molar-refractivity contribution in [2.45, 2.75) is 39.5 Å². The van der Waals surface area contributed by atoms with Crippen LogP contribution in [0, 0.1) is 10.1 Å². The summed E-state index contributed by atoms with van der Waals surface area (Å²) in [6, 6.07) is 7.72. The summed E-state index contributed by atoms with van der Waals surface area (Å²) in [4.78, 5) is 16.3. The molecule has 0 aliphatic carbocycles. The summed E-state index contributed by atoms with van der Waals surface area (Å²) in [5.74, 6) is 0. The number of anilines is 1. The second kappa shape index (κ2) is 12.1. The number of nitro groups is 1. The Morgan fingerprint density at radius 1 is 1.14 bits per heavy atom. The Bertz CT molecular complexity index is 748. The van der Waals surface area contributed by atoms with Gasteiger partial charge in [0.2, 0.25) is 5.13 Å². The lowest BCUT2D eigenvalue weighted by Crippen LogP contribution is -2.27. The van der Waals surface area contributed by atoms with Crippen LogP contribution >= 0.6 is 11.3 Å². The number of rotatable bonds is 13. The number of aromatic nitrogens is 1. The van der Waals surface area contributed by atoms with E-state index in [1.165, 1.54) is 25.5 Å². The molecular formula is C19H27N5O3S. The van der Waals surface area contributed by atoms with Crippen LogP contribution in [0.15, 0.2) is 40.7 Å². The molecule has 28 heavy (non-hydrogen) atoms. The molecule has 0 aliphatic heterocycles. The molecule has 9 heteroatoms. The molecule has 0 N–H and O–H groups in total. The number of benzene rings is 1. The fraction of sp³-hybridized carbons (Fsp3) is 0.526. The van der Waals surface area contributed by atoms with Crippen molar-refractivity contribution < 1.29 is 9.66 Å². The SMILES string of the molecule is CCCCCCOCCN(CC)c1ccc(N=Nc2ncc([N+](=O)[O-])s2)cc1. The van der Waals surface area contributed by atoms with Gasteiger partial charge in [0.15, 0.2) is 0 Å². The highest BCUT2D eigenvalue weighted by atomic mass is 32.1. The second-order valence-corrected chi connectivity index (χ2v) is 7.19. The molecule has 0 radical (unpaired) electrons. The minimum atomic E-state index is -0.486. The first kappa shape index (κ1) is 21.9. The number of likely N-dealkylation sites (N-methyl/N-ethyl adjacent to an activating group) is 1. The van der Waals surface area contributed by atoms with Crippen molar-refractivity contribution in [2.24, 2.45) is 10.2 Å². The Morgan fingerprint density at radius 2 is 1.93 bits per heavy atom. The van der Waals surface area contributed by atoms with Gasteiger partial charge in [-0.1, -0.05) is 26.2 Å². The van der Waals surface area contributed by atoms with E-state index in [9.17, 15) is 10.1 Å². The van der Waals surface area contributed by atoms with Crippen LogP contribution in [0.3, 0.4) is 0 Å². The highest BCUT2D eigenvalue weighted by molar-refractivity contribution is 7.18. The molecule has 0 saturated carbocycles. The van der Waals surface area contributed by atoms with E-state index in [4.69, 9.17) is 4.74 Å². The normalized spacial score (nSPS) is 11.2. The van der Waals surface area contributed by atoms with Crippen molar-refractivity contribution in [1.82, 2.24) is 4.98 Å². The average Bonchev–Trinajstić information content (AvgIpc) is 3.19. The van der Waals surface area contributed by atoms with E-state index in [-0.39, 0.29) is 10.1 Å². The molecule has 0 aliphatic rings. The molecule has 1 aromatic carbocycles. The molecule has 0 spiro atoms. The van der Waals surface area contributed by atoms with Crippen LogP contribution < -0.4 is 4.90 Å². The zero-order valence-electron chi connectivity index (χ0n) is 16.4. The zero-order chi connectivity index (χ0) is 20.2. The van der Waals surface area contributed by atoms with Crippen LogP contribution in [-0.2, 0) is 4.74 Å². The largest absolute Gasteiger partial charge is 0.380 e. The van der Waals surface area contributed by atoms with Gasteiger partial charge in [-0.3, -0.25) is 10.1 Å². The van der Waals surface area contributed by atoms with Crippen molar-refractivity contribution >= 4 is 32.8 Å². The summed E-state index contributed by atoms with van der Waals surface area (Å²) in [6.07, 6.45) is 6.06. The van der Waals surface area contributed by atoms with Gasteiger partial charge in [-0.2, -0.15) is 0 Å². The van der Waals surface area contributed by atoms with E-state index in [1.54, 1.807) is 0 Å². The molecule has 2 rings (SSSR count). The molecule has 0 unspecified atom stereocenters. The van der Waals surface area contributed by atoms with Gasteiger partial charge in [0.25, 0.3) is 0 Å². The number of thiazole rings is 1. The molecule has 0 atom stereocenters. The Balaban J connectivity index is 1.82. The third-order valence-corrected chi connectivity index (χ3v) is 4.99. The summed E-state index contributed by atoms with van der Waals surface area (Å²) < 4.78 is 5.74. The molecular weight excluding hydrogens is 378 g/mol. The van der Waals surface area contributed by atoms with Gasteiger partial charge in [-0.25, -0.2) is 4.98 Å². The van der Waals surface area contributed by atoms with Gasteiger partial charge in [0.05, 0.1) is 17.2 Å². The number of hydrogen-bond acceptors (Lipinski definition) is 8. The van der Waals surface area contributed by atoms with Gasteiger partial charge >= 0.3 is 5.00 Å².